The van der Waals surface area contributed by atoms with E-state index in [0.717, 1.165) is 0 Å². The summed E-state index contributed by atoms with van der Waals surface area (Å²) in [5.74, 6) is 0.0368. The molecule has 1 aromatic carbocycles. The van der Waals surface area contributed by atoms with Gasteiger partial charge in [-0.3, -0.25) is 4.99 Å². The van der Waals surface area contributed by atoms with Crippen molar-refractivity contribution in [1.82, 2.24) is 10.2 Å². The molecule has 1 N–H and O–H groups in total. The highest BCUT2D eigenvalue weighted by molar-refractivity contribution is 14.0. The van der Waals surface area contributed by atoms with E-state index in [1.807, 2.05) is 6.92 Å². The Morgan fingerprint density at radius 2 is 1.96 bits per heavy atom. The molecule has 0 fully saturated rings. The summed E-state index contributed by atoms with van der Waals surface area (Å²) in [5, 5.41) is 2.91. The van der Waals surface area contributed by atoms with E-state index >= 15 is 0 Å². The van der Waals surface area contributed by atoms with Crippen molar-refractivity contribution >= 4 is 29.9 Å². The van der Waals surface area contributed by atoms with Crippen molar-refractivity contribution in [2.24, 2.45) is 4.99 Å². The van der Waals surface area contributed by atoms with Gasteiger partial charge in [0.05, 0.1) is 19.5 Å². The van der Waals surface area contributed by atoms with Gasteiger partial charge in [-0.1, -0.05) is 12.1 Å². The van der Waals surface area contributed by atoms with Crippen LogP contribution < -0.4 is 10.1 Å². The number of aliphatic imine (C=N–C) groups is 1. The maximum absolute atomic E-state index is 13.4. The number of hydrogen-bond acceptors (Lipinski definition) is 2. The molecule has 0 atom stereocenters. The second-order valence-corrected chi connectivity index (χ2v) is 4.80. The molecule has 0 saturated carbocycles. The first-order valence-electron chi connectivity index (χ1n) is 7.27. The molecule has 0 spiro atoms. The topological polar surface area (TPSA) is 36.9 Å². The third kappa shape index (κ3) is 9.14. The standard InChI is InChI=1S/C15H21F4N3O.HI/c1-3-20-14(21-9-8-15(17,18)19)22(2)10-11-23-13-7-5-4-6-12(13)16;/h4-7H,3,8-11H2,1-2H3,(H,20,21);1H. The van der Waals surface area contributed by atoms with E-state index in [4.69, 9.17) is 4.74 Å². The maximum Gasteiger partial charge on any atom is 0.390 e. The van der Waals surface area contributed by atoms with Crippen molar-refractivity contribution < 1.29 is 22.3 Å². The summed E-state index contributed by atoms with van der Waals surface area (Å²) in [6, 6.07) is 6.02. The van der Waals surface area contributed by atoms with E-state index in [0.29, 0.717) is 19.0 Å². The summed E-state index contributed by atoms with van der Waals surface area (Å²) in [4.78, 5) is 5.56. The summed E-state index contributed by atoms with van der Waals surface area (Å²) >= 11 is 0. The van der Waals surface area contributed by atoms with Crippen LogP contribution in [0.4, 0.5) is 17.6 Å². The van der Waals surface area contributed by atoms with E-state index in [-0.39, 0.29) is 42.9 Å². The zero-order chi connectivity index (χ0) is 17.3. The number of guanidine groups is 1. The predicted molar refractivity (Wildman–Crippen MR) is 96.6 cm³/mol. The van der Waals surface area contributed by atoms with Gasteiger partial charge in [0.2, 0.25) is 0 Å². The fourth-order valence-corrected chi connectivity index (χ4v) is 1.72. The number of rotatable bonds is 7. The fourth-order valence-electron chi connectivity index (χ4n) is 1.72. The number of nitrogens with zero attached hydrogens (tertiary/aromatic N) is 2. The molecule has 0 saturated heterocycles. The number of halogens is 5. The normalized spacial score (nSPS) is 11.7. The van der Waals surface area contributed by atoms with E-state index < -0.39 is 18.4 Å². The van der Waals surface area contributed by atoms with Crippen LogP contribution in [0.3, 0.4) is 0 Å². The highest BCUT2D eigenvalue weighted by Crippen LogP contribution is 2.19. The third-order valence-electron chi connectivity index (χ3n) is 2.87. The monoisotopic (exact) mass is 463 g/mol. The summed E-state index contributed by atoms with van der Waals surface area (Å²) in [5.41, 5.74) is 0. The van der Waals surface area contributed by atoms with Crippen LogP contribution in [0.5, 0.6) is 5.75 Å². The van der Waals surface area contributed by atoms with Gasteiger partial charge in [0.1, 0.15) is 6.61 Å². The number of hydrogen-bond donors (Lipinski definition) is 1. The average molecular weight is 463 g/mol. The molecule has 0 aliphatic heterocycles. The Morgan fingerprint density at radius 1 is 1.29 bits per heavy atom. The largest absolute Gasteiger partial charge is 0.489 e. The predicted octanol–water partition coefficient (Wildman–Crippen LogP) is 3.67. The smallest absolute Gasteiger partial charge is 0.390 e. The molecular weight excluding hydrogens is 441 g/mol. The number of likely N-dealkylation sites (N-methyl/N-ethyl adjacent to an activating group) is 1. The van der Waals surface area contributed by atoms with Gasteiger partial charge in [-0.2, -0.15) is 13.2 Å². The molecular formula is C15H22F4IN3O. The van der Waals surface area contributed by atoms with Gasteiger partial charge in [-0.15, -0.1) is 24.0 Å². The molecule has 0 aliphatic rings. The van der Waals surface area contributed by atoms with Crippen LogP contribution in [-0.2, 0) is 0 Å². The van der Waals surface area contributed by atoms with Gasteiger partial charge in [-0.25, -0.2) is 4.39 Å². The third-order valence-corrected chi connectivity index (χ3v) is 2.87. The maximum atomic E-state index is 13.4. The minimum atomic E-state index is -4.23. The minimum Gasteiger partial charge on any atom is -0.489 e. The molecule has 0 radical (unpaired) electrons. The zero-order valence-electron chi connectivity index (χ0n) is 13.6. The van der Waals surface area contributed by atoms with Crippen LogP contribution in [-0.4, -0.2) is 50.3 Å². The van der Waals surface area contributed by atoms with E-state index in [2.05, 4.69) is 10.3 Å². The van der Waals surface area contributed by atoms with Crippen LogP contribution in [0, 0.1) is 5.82 Å². The molecule has 24 heavy (non-hydrogen) atoms. The van der Waals surface area contributed by atoms with Crippen LogP contribution in [0.2, 0.25) is 0 Å². The van der Waals surface area contributed by atoms with Crippen LogP contribution in [0.15, 0.2) is 29.3 Å². The Hall–Kier alpha value is -1.26. The first kappa shape index (κ1) is 22.7. The van der Waals surface area contributed by atoms with E-state index in [9.17, 15) is 17.6 Å². The molecule has 9 heteroatoms. The van der Waals surface area contributed by atoms with Crippen LogP contribution in [0.1, 0.15) is 13.3 Å². The second-order valence-electron chi connectivity index (χ2n) is 4.80. The Bertz CT molecular complexity index is 512. The van der Waals surface area contributed by atoms with Gasteiger partial charge in [0.25, 0.3) is 0 Å². The molecule has 0 bridgehead atoms. The number of ether oxygens (including phenoxy) is 1. The van der Waals surface area contributed by atoms with Crippen molar-refractivity contribution in [1.29, 1.82) is 0 Å². The van der Waals surface area contributed by atoms with E-state index in [1.54, 1.807) is 24.1 Å². The lowest BCUT2D eigenvalue weighted by molar-refractivity contribution is -0.132. The van der Waals surface area contributed by atoms with Gasteiger partial charge in [0, 0.05) is 13.6 Å². The molecule has 138 valence electrons. The summed E-state index contributed by atoms with van der Waals surface area (Å²) in [6.07, 6.45) is -5.20. The van der Waals surface area contributed by atoms with Crippen molar-refractivity contribution in [2.75, 3.05) is 33.3 Å². The Kier molecular flexibility index (Phi) is 10.7. The van der Waals surface area contributed by atoms with Gasteiger partial charge >= 0.3 is 6.18 Å². The quantitative estimate of drug-likeness (QED) is 0.290. The molecule has 1 aromatic rings. The van der Waals surface area contributed by atoms with Gasteiger partial charge < -0.3 is 15.0 Å². The molecule has 4 nitrogen and oxygen atoms in total. The lowest BCUT2D eigenvalue weighted by Crippen LogP contribution is -2.41. The van der Waals surface area contributed by atoms with E-state index in [1.165, 1.54) is 12.1 Å². The summed E-state index contributed by atoms with van der Waals surface area (Å²) in [6.45, 7) is 2.55. The molecule has 0 amide bonds. The highest BCUT2D eigenvalue weighted by atomic mass is 127. The number of nitrogens with one attached hydrogen (secondary N) is 1. The first-order valence-corrected chi connectivity index (χ1v) is 7.27. The van der Waals surface area contributed by atoms with Gasteiger partial charge in [0.15, 0.2) is 17.5 Å². The van der Waals surface area contributed by atoms with Gasteiger partial charge in [-0.05, 0) is 19.1 Å². The minimum absolute atomic E-state index is 0. The first-order chi connectivity index (χ1) is 10.8. The fraction of sp³-hybridized carbons (Fsp3) is 0.533. The van der Waals surface area contributed by atoms with Crippen molar-refractivity contribution in [3.05, 3.63) is 30.1 Å². The van der Waals surface area contributed by atoms with Crippen molar-refractivity contribution in [2.45, 2.75) is 19.5 Å². The number of benzene rings is 1. The Balaban J connectivity index is 0.00000529. The van der Waals surface area contributed by atoms with Crippen LogP contribution >= 0.6 is 24.0 Å². The molecule has 0 heterocycles. The number of para-hydroxylation sites is 1. The van der Waals surface area contributed by atoms with Crippen LogP contribution in [0.25, 0.3) is 0 Å². The van der Waals surface area contributed by atoms with Crippen molar-refractivity contribution in [3.63, 3.8) is 0 Å². The zero-order valence-corrected chi connectivity index (χ0v) is 15.9. The second kappa shape index (κ2) is 11.3. The molecule has 0 aliphatic carbocycles. The Labute approximate surface area is 156 Å². The lowest BCUT2D eigenvalue weighted by atomic mass is 10.3. The molecule has 0 unspecified atom stereocenters. The van der Waals surface area contributed by atoms with Crippen molar-refractivity contribution in [3.8, 4) is 5.75 Å². The molecule has 1 rings (SSSR count). The molecule has 0 aromatic heterocycles. The Morgan fingerprint density at radius 3 is 2.54 bits per heavy atom. The lowest BCUT2D eigenvalue weighted by Gasteiger charge is -2.22. The highest BCUT2D eigenvalue weighted by Gasteiger charge is 2.26. The summed E-state index contributed by atoms with van der Waals surface area (Å²) < 4.78 is 55.2. The number of alkyl halides is 3. The SMILES string of the molecule is CCNC(=NCCC(F)(F)F)N(C)CCOc1ccccc1F.I. The summed E-state index contributed by atoms with van der Waals surface area (Å²) in [7, 11) is 1.68. The average Bonchev–Trinajstić information content (AvgIpc) is 2.47.